The molecule has 2 N–H and O–H groups in total. The van der Waals surface area contributed by atoms with Crippen LogP contribution in [0.15, 0.2) is 41.3 Å². The maximum absolute atomic E-state index is 13.7. The van der Waals surface area contributed by atoms with Crippen molar-refractivity contribution in [2.75, 3.05) is 0 Å². The second-order valence-corrected chi connectivity index (χ2v) is 5.61. The number of rotatable bonds is 4. The van der Waals surface area contributed by atoms with Crippen LogP contribution in [-0.4, -0.2) is 4.21 Å². The van der Waals surface area contributed by atoms with Crippen molar-refractivity contribution >= 4 is 10.8 Å². The molecular formula is C14H12F3NOS. The van der Waals surface area contributed by atoms with Gasteiger partial charge in [0.1, 0.15) is 17.5 Å². The summed E-state index contributed by atoms with van der Waals surface area (Å²) in [6.45, 7) is 0.201. The van der Waals surface area contributed by atoms with E-state index in [0.717, 1.165) is 12.1 Å². The van der Waals surface area contributed by atoms with Crippen molar-refractivity contribution in [3.63, 3.8) is 0 Å². The van der Waals surface area contributed by atoms with Gasteiger partial charge in [-0.25, -0.2) is 13.2 Å². The Morgan fingerprint density at radius 3 is 2.35 bits per heavy atom. The molecule has 0 heterocycles. The first kappa shape index (κ1) is 14.7. The van der Waals surface area contributed by atoms with Crippen molar-refractivity contribution in [2.45, 2.75) is 17.2 Å². The van der Waals surface area contributed by atoms with Gasteiger partial charge in [-0.05, 0) is 23.8 Å². The monoisotopic (exact) mass is 299 g/mol. The quantitative estimate of drug-likeness (QED) is 0.943. The van der Waals surface area contributed by atoms with E-state index in [1.165, 1.54) is 12.1 Å². The molecule has 1 atom stereocenters. The summed E-state index contributed by atoms with van der Waals surface area (Å²) in [7, 11) is -1.79. The van der Waals surface area contributed by atoms with E-state index in [9.17, 15) is 17.4 Å². The highest BCUT2D eigenvalue weighted by Gasteiger charge is 2.14. The number of hydrogen-bond acceptors (Lipinski definition) is 2. The summed E-state index contributed by atoms with van der Waals surface area (Å²) in [5, 5.41) is 0. The van der Waals surface area contributed by atoms with Gasteiger partial charge in [-0.3, -0.25) is 4.21 Å². The molecule has 106 valence electrons. The van der Waals surface area contributed by atoms with E-state index < -0.39 is 28.3 Å². The fourth-order valence-electron chi connectivity index (χ4n) is 1.71. The Labute approximate surface area is 116 Å². The van der Waals surface area contributed by atoms with Crippen LogP contribution in [0.25, 0.3) is 0 Å². The highest BCUT2D eigenvalue weighted by molar-refractivity contribution is 7.84. The zero-order valence-electron chi connectivity index (χ0n) is 10.4. The van der Waals surface area contributed by atoms with E-state index in [1.54, 1.807) is 6.07 Å². The Morgan fingerprint density at radius 1 is 1.00 bits per heavy atom. The predicted molar refractivity (Wildman–Crippen MR) is 70.8 cm³/mol. The molecule has 20 heavy (non-hydrogen) atoms. The summed E-state index contributed by atoms with van der Waals surface area (Å²) >= 11 is 0. The summed E-state index contributed by atoms with van der Waals surface area (Å²) in [6.07, 6.45) is 0. The molecule has 0 radical (unpaired) electrons. The number of benzene rings is 2. The van der Waals surface area contributed by atoms with Crippen LogP contribution in [0.5, 0.6) is 0 Å². The third-order valence-electron chi connectivity index (χ3n) is 2.78. The molecule has 0 aliphatic heterocycles. The van der Waals surface area contributed by atoms with Crippen molar-refractivity contribution in [3.8, 4) is 0 Å². The molecular weight excluding hydrogens is 287 g/mol. The number of hydrogen-bond donors (Lipinski definition) is 1. The maximum atomic E-state index is 13.7. The van der Waals surface area contributed by atoms with Gasteiger partial charge in [0.2, 0.25) is 0 Å². The molecule has 0 bridgehead atoms. The van der Waals surface area contributed by atoms with Crippen LogP contribution in [0.2, 0.25) is 0 Å². The molecule has 0 aromatic heterocycles. The zero-order valence-corrected chi connectivity index (χ0v) is 11.2. The highest BCUT2D eigenvalue weighted by atomic mass is 32.2. The molecule has 2 aromatic carbocycles. The molecule has 2 aromatic rings. The highest BCUT2D eigenvalue weighted by Crippen LogP contribution is 2.19. The molecule has 1 unspecified atom stereocenters. The second kappa shape index (κ2) is 6.19. The van der Waals surface area contributed by atoms with E-state index in [2.05, 4.69) is 0 Å². The van der Waals surface area contributed by atoms with E-state index in [4.69, 9.17) is 5.73 Å². The van der Waals surface area contributed by atoms with Crippen molar-refractivity contribution in [2.24, 2.45) is 5.73 Å². The third-order valence-corrected chi connectivity index (χ3v) is 4.17. The number of nitrogens with two attached hydrogens (primary N) is 1. The Morgan fingerprint density at radius 2 is 1.75 bits per heavy atom. The first-order valence-corrected chi connectivity index (χ1v) is 7.14. The SMILES string of the molecule is NCc1ccc(CS(=O)c2ccc(F)cc2F)c(F)c1. The van der Waals surface area contributed by atoms with Gasteiger partial charge in [0.05, 0.1) is 21.4 Å². The topological polar surface area (TPSA) is 43.1 Å². The minimum atomic E-state index is -1.79. The molecule has 0 aliphatic rings. The lowest BCUT2D eigenvalue weighted by molar-refractivity contribution is 0.561. The fourth-order valence-corrected chi connectivity index (χ4v) is 2.88. The van der Waals surface area contributed by atoms with Crippen molar-refractivity contribution in [1.82, 2.24) is 0 Å². The van der Waals surface area contributed by atoms with E-state index >= 15 is 0 Å². The zero-order chi connectivity index (χ0) is 14.7. The summed E-state index contributed by atoms with van der Waals surface area (Å²) in [4.78, 5) is -0.145. The molecule has 0 saturated heterocycles. The van der Waals surface area contributed by atoms with Gasteiger partial charge >= 0.3 is 0 Å². The van der Waals surface area contributed by atoms with Crippen LogP contribution < -0.4 is 5.73 Å². The average molecular weight is 299 g/mol. The third kappa shape index (κ3) is 3.26. The minimum absolute atomic E-state index is 0.145. The predicted octanol–water partition coefficient (Wildman–Crippen LogP) is 2.87. The lowest BCUT2D eigenvalue weighted by Crippen LogP contribution is -2.03. The van der Waals surface area contributed by atoms with Crippen LogP contribution >= 0.6 is 0 Å². The van der Waals surface area contributed by atoms with Gasteiger partial charge in [-0.1, -0.05) is 12.1 Å². The molecule has 0 amide bonds. The fraction of sp³-hybridized carbons (Fsp3) is 0.143. The molecule has 2 rings (SSSR count). The lowest BCUT2D eigenvalue weighted by atomic mass is 10.1. The van der Waals surface area contributed by atoms with Gasteiger partial charge in [0, 0.05) is 18.2 Å². The second-order valence-electron chi connectivity index (χ2n) is 4.19. The van der Waals surface area contributed by atoms with Crippen LogP contribution in [0.3, 0.4) is 0 Å². The van der Waals surface area contributed by atoms with Crippen LogP contribution in [0.1, 0.15) is 11.1 Å². The van der Waals surface area contributed by atoms with Gasteiger partial charge in [-0.2, -0.15) is 0 Å². The van der Waals surface area contributed by atoms with E-state index in [-0.39, 0.29) is 22.8 Å². The first-order valence-electron chi connectivity index (χ1n) is 5.82. The summed E-state index contributed by atoms with van der Waals surface area (Å²) in [6, 6.07) is 7.12. The smallest absolute Gasteiger partial charge is 0.142 e. The molecule has 0 saturated carbocycles. The van der Waals surface area contributed by atoms with Gasteiger partial charge in [0.15, 0.2) is 0 Å². The van der Waals surface area contributed by atoms with Crippen LogP contribution in [0, 0.1) is 17.5 Å². The normalized spacial score (nSPS) is 12.4. The van der Waals surface area contributed by atoms with Crippen LogP contribution in [0.4, 0.5) is 13.2 Å². The van der Waals surface area contributed by atoms with Gasteiger partial charge < -0.3 is 5.73 Å². The minimum Gasteiger partial charge on any atom is -0.326 e. The molecule has 0 spiro atoms. The van der Waals surface area contributed by atoms with Gasteiger partial charge in [-0.15, -0.1) is 0 Å². The maximum Gasteiger partial charge on any atom is 0.142 e. The van der Waals surface area contributed by atoms with Crippen LogP contribution in [-0.2, 0) is 23.1 Å². The summed E-state index contributed by atoms with van der Waals surface area (Å²) in [5.41, 5.74) is 6.20. The lowest BCUT2D eigenvalue weighted by Gasteiger charge is -2.06. The average Bonchev–Trinajstić information content (AvgIpc) is 2.40. The van der Waals surface area contributed by atoms with E-state index in [0.29, 0.717) is 11.6 Å². The molecule has 6 heteroatoms. The Hall–Kier alpha value is -1.66. The Kier molecular flexibility index (Phi) is 4.57. The van der Waals surface area contributed by atoms with Crippen molar-refractivity contribution in [3.05, 3.63) is 65.0 Å². The van der Waals surface area contributed by atoms with Crippen molar-refractivity contribution in [1.29, 1.82) is 0 Å². The Balaban J connectivity index is 2.23. The number of halogens is 3. The first-order chi connectivity index (χ1) is 9.51. The van der Waals surface area contributed by atoms with Crippen molar-refractivity contribution < 1.29 is 17.4 Å². The summed E-state index contributed by atoms with van der Waals surface area (Å²) in [5.74, 6) is -2.37. The largest absolute Gasteiger partial charge is 0.326 e. The molecule has 0 fully saturated rings. The Bertz CT molecular complexity index is 661. The molecule has 0 aliphatic carbocycles. The van der Waals surface area contributed by atoms with E-state index in [1.807, 2.05) is 0 Å². The molecule has 2 nitrogen and oxygen atoms in total. The standard InChI is InChI=1S/C14H12F3NOS/c15-11-3-4-14(13(17)6-11)20(19)8-10-2-1-9(7-18)5-12(10)16/h1-6H,7-8,18H2. The van der Waals surface area contributed by atoms with Gasteiger partial charge in [0.25, 0.3) is 0 Å². The summed E-state index contributed by atoms with van der Waals surface area (Å²) < 4.78 is 52.0.